The Kier molecular flexibility index (Phi) is 6.62. The minimum Gasteiger partial charge on any atom is -0.352 e. The lowest BCUT2D eigenvalue weighted by molar-refractivity contribution is 0.0943. The zero-order valence-corrected chi connectivity index (χ0v) is 17.4. The summed E-state index contributed by atoms with van der Waals surface area (Å²) in [4.78, 5) is 12.4. The van der Waals surface area contributed by atoms with Crippen LogP contribution in [0.2, 0.25) is 5.02 Å². The van der Waals surface area contributed by atoms with Gasteiger partial charge in [0.2, 0.25) is 0 Å². The van der Waals surface area contributed by atoms with Crippen LogP contribution < -0.4 is 10.0 Å². The lowest BCUT2D eigenvalue weighted by Gasteiger charge is -2.21. The van der Waals surface area contributed by atoms with Crippen LogP contribution in [0.1, 0.15) is 48.0 Å². The quantitative estimate of drug-likeness (QED) is 0.707. The number of rotatable bonds is 6. The molecular formula is C21H25ClN2O3S. The highest BCUT2D eigenvalue weighted by atomic mass is 35.5. The van der Waals surface area contributed by atoms with Gasteiger partial charge in [-0.1, -0.05) is 48.6 Å². The van der Waals surface area contributed by atoms with Crippen LogP contribution in [0.25, 0.3) is 0 Å². The van der Waals surface area contributed by atoms with Crippen molar-refractivity contribution in [3.8, 4) is 0 Å². The normalized spacial score (nSPS) is 15.2. The van der Waals surface area contributed by atoms with Crippen molar-refractivity contribution >= 4 is 33.2 Å². The number of hydrogen-bond donors (Lipinski definition) is 2. The first-order chi connectivity index (χ1) is 13.3. The van der Waals surface area contributed by atoms with E-state index >= 15 is 0 Å². The van der Waals surface area contributed by atoms with E-state index in [0.717, 1.165) is 18.4 Å². The molecule has 0 heterocycles. The van der Waals surface area contributed by atoms with E-state index in [2.05, 4.69) is 10.0 Å². The van der Waals surface area contributed by atoms with E-state index in [9.17, 15) is 13.2 Å². The Morgan fingerprint density at radius 2 is 1.75 bits per heavy atom. The molecule has 2 aromatic rings. The molecule has 28 heavy (non-hydrogen) atoms. The summed E-state index contributed by atoms with van der Waals surface area (Å²) in [5.74, 6) is 0.213. The maximum atomic E-state index is 12.8. The molecule has 0 spiro atoms. The van der Waals surface area contributed by atoms with Gasteiger partial charge < -0.3 is 5.32 Å². The molecule has 0 radical (unpaired) electrons. The number of carbonyl (C=O) groups excluding carboxylic acids is 1. The first kappa shape index (κ1) is 20.7. The second-order valence-electron chi connectivity index (χ2n) is 7.33. The molecule has 1 aliphatic carbocycles. The maximum Gasteiger partial charge on any atom is 0.263 e. The second kappa shape index (κ2) is 8.97. The van der Waals surface area contributed by atoms with Crippen LogP contribution in [0.4, 0.5) is 5.69 Å². The van der Waals surface area contributed by atoms with Crippen LogP contribution in [0.5, 0.6) is 0 Å². The molecule has 0 aliphatic heterocycles. The smallest absolute Gasteiger partial charge is 0.263 e. The predicted molar refractivity (Wildman–Crippen MR) is 112 cm³/mol. The third kappa shape index (κ3) is 5.26. The summed E-state index contributed by atoms with van der Waals surface area (Å²) in [6, 6.07) is 11.3. The first-order valence-corrected chi connectivity index (χ1v) is 11.4. The molecule has 150 valence electrons. The van der Waals surface area contributed by atoms with Crippen LogP contribution in [0.3, 0.4) is 0 Å². The van der Waals surface area contributed by atoms with Gasteiger partial charge in [0, 0.05) is 17.8 Å². The van der Waals surface area contributed by atoms with Gasteiger partial charge in [-0.2, -0.15) is 0 Å². The molecule has 3 rings (SSSR count). The van der Waals surface area contributed by atoms with Gasteiger partial charge in [0.1, 0.15) is 4.90 Å². The monoisotopic (exact) mass is 420 g/mol. The lowest BCUT2D eigenvalue weighted by atomic mass is 9.89. The largest absolute Gasteiger partial charge is 0.352 e. The van der Waals surface area contributed by atoms with E-state index in [4.69, 9.17) is 11.6 Å². The van der Waals surface area contributed by atoms with Gasteiger partial charge in [-0.15, -0.1) is 0 Å². The highest BCUT2D eigenvalue weighted by Gasteiger charge is 2.21. The number of amides is 1. The van der Waals surface area contributed by atoms with Crippen molar-refractivity contribution in [2.45, 2.75) is 43.9 Å². The highest BCUT2D eigenvalue weighted by molar-refractivity contribution is 7.92. The third-order valence-corrected chi connectivity index (χ3v) is 6.93. The highest BCUT2D eigenvalue weighted by Crippen LogP contribution is 2.26. The number of carbonyl (C=O) groups is 1. The average molecular weight is 421 g/mol. The van der Waals surface area contributed by atoms with Crippen LogP contribution in [-0.2, 0) is 10.0 Å². The van der Waals surface area contributed by atoms with Crippen molar-refractivity contribution in [3.05, 3.63) is 58.6 Å². The van der Waals surface area contributed by atoms with Gasteiger partial charge >= 0.3 is 0 Å². The van der Waals surface area contributed by atoms with E-state index in [0.29, 0.717) is 18.2 Å². The van der Waals surface area contributed by atoms with Crippen LogP contribution >= 0.6 is 11.6 Å². The zero-order valence-electron chi connectivity index (χ0n) is 15.9. The minimum absolute atomic E-state index is 0.0726. The fraction of sp³-hybridized carbons (Fsp3) is 0.381. The van der Waals surface area contributed by atoms with Gasteiger partial charge in [-0.25, -0.2) is 8.42 Å². The van der Waals surface area contributed by atoms with Crippen LogP contribution in [-0.4, -0.2) is 20.9 Å². The van der Waals surface area contributed by atoms with Crippen molar-refractivity contribution in [2.75, 3.05) is 11.3 Å². The SMILES string of the molecule is Cc1ccc(NS(=O)(=O)c2cc(C(=O)NCC3CCCCC3)ccc2Cl)cc1. The number of sulfonamides is 1. The summed E-state index contributed by atoms with van der Waals surface area (Å²) in [5.41, 5.74) is 1.75. The Hall–Kier alpha value is -2.05. The predicted octanol–water partition coefficient (Wildman–Crippen LogP) is 4.76. The summed E-state index contributed by atoms with van der Waals surface area (Å²) < 4.78 is 28.0. The Labute approximate surface area is 171 Å². The number of anilines is 1. The summed E-state index contributed by atoms with van der Waals surface area (Å²) in [6.07, 6.45) is 5.92. The topological polar surface area (TPSA) is 75.3 Å². The number of benzene rings is 2. The molecule has 1 amide bonds. The summed E-state index contributed by atoms with van der Waals surface area (Å²) in [7, 11) is -3.91. The zero-order chi connectivity index (χ0) is 20.1. The van der Waals surface area contributed by atoms with Gasteiger partial charge in [0.15, 0.2) is 0 Å². The minimum atomic E-state index is -3.91. The molecule has 0 saturated heterocycles. The first-order valence-electron chi connectivity index (χ1n) is 9.52. The summed E-state index contributed by atoms with van der Waals surface area (Å²) >= 11 is 6.12. The van der Waals surface area contributed by atoms with Gasteiger partial charge in [0.05, 0.1) is 5.02 Å². The van der Waals surface area contributed by atoms with Crippen LogP contribution in [0, 0.1) is 12.8 Å². The number of halogens is 1. The molecule has 5 nitrogen and oxygen atoms in total. The molecular weight excluding hydrogens is 396 g/mol. The van der Waals surface area contributed by atoms with Gasteiger partial charge in [-0.05, 0) is 56.0 Å². The molecule has 0 atom stereocenters. The Morgan fingerprint density at radius 1 is 1.07 bits per heavy atom. The average Bonchev–Trinajstić information content (AvgIpc) is 2.69. The van der Waals surface area contributed by atoms with E-state index in [1.54, 1.807) is 18.2 Å². The van der Waals surface area contributed by atoms with E-state index in [-0.39, 0.29) is 21.4 Å². The van der Waals surface area contributed by atoms with Crippen molar-refractivity contribution in [1.82, 2.24) is 5.32 Å². The van der Waals surface area contributed by atoms with E-state index in [1.807, 2.05) is 19.1 Å². The standard InChI is InChI=1S/C21H25ClN2O3S/c1-15-7-10-18(11-8-15)24-28(26,27)20-13-17(9-12-19(20)22)21(25)23-14-16-5-3-2-4-6-16/h7-13,16,24H,2-6,14H2,1H3,(H,23,25). The molecule has 1 fully saturated rings. The van der Waals surface area contributed by atoms with Crippen LogP contribution in [0.15, 0.2) is 47.4 Å². The Bertz CT molecular complexity index is 937. The van der Waals surface area contributed by atoms with Crippen molar-refractivity contribution in [1.29, 1.82) is 0 Å². The Balaban J connectivity index is 1.74. The molecule has 0 aromatic heterocycles. The van der Waals surface area contributed by atoms with Gasteiger partial charge in [-0.3, -0.25) is 9.52 Å². The molecule has 7 heteroatoms. The Morgan fingerprint density at radius 3 is 2.43 bits per heavy atom. The van der Waals surface area contributed by atoms with Crippen molar-refractivity contribution < 1.29 is 13.2 Å². The molecule has 0 unspecified atom stereocenters. The molecule has 1 saturated carbocycles. The molecule has 2 aromatic carbocycles. The number of nitrogens with one attached hydrogen (secondary N) is 2. The van der Waals surface area contributed by atoms with Gasteiger partial charge in [0.25, 0.3) is 15.9 Å². The molecule has 0 bridgehead atoms. The van der Waals surface area contributed by atoms with Crippen molar-refractivity contribution in [2.24, 2.45) is 5.92 Å². The van der Waals surface area contributed by atoms with E-state index < -0.39 is 10.0 Å². The summed E-state index contributed by atoms with van der Waals surface area (Å²) in [5, 5.41) is 3.00. The van der Waals surface area contributed by atoms with Crippen molar-refractivity contribution in [3.63, 3.8) is 0 Å². The number of hydrogen-bond acceptors (Lipinski definition) is 3. The molecule has 1 aliphatic rings. The molecule has 2 N–H and O–H groups in total. The maximum absolute atomic E-state index is 12.8. The third-order valence-electron chi connectivity index (χ3n) is 5.06. The fourth-order valence-corrected chi connectivity index (χ4v) is 5.00. The summed E-state index contributed by atoms with van der Waals surface area (Å²) in [6.45, 7) is 2.54. The fourth-order valence-electron chi connectivity index (χ4n) is 3.41. The lowest BCUT2D eigenvalue weighted by Crippen LogP contribution is -2.30. The second-order valence-corrected chi connectivity index (χ2v) is 9.39. The van der Waals surface area contributed by atoms with E-state index in [1.165, 1.54) is 31.4 Å². The number of aryl methyl sites for hydroxylation is 1.